The van der Waals surface area contributed by atoms with Crippen molar-refractivity contribution >= 4 is 18.4 Å². The number of carbonyl (C=O) groups is 1. The largest absolute Gasteiger partial charge is 0.480 e. The Labute approximate surface area is 77.0 Å². The number of hydrogen-bond acceptors (Lipinski definition) is 2. The average molecular weight is 198 g/mol. The molecule has 0 aromatic heterocycles. The predicted octanol–water partition coefficient (Wildman–Crippen LogP) is 0.927. The third kappa shape index (κ3) is 3.88. The molecule has 1 fully saturated rings. The van der Waals surface area contributed by atoms with Crippen molar-refractivity contribution in [1.29, 1.82) is 0 Å². The van der Waals surface area contributed by atoms with E-state index in [1.807, 2.05) is 0 Å². The third-order valence-corrected chi connectivity index (χ3v) is 1.88. The Morgan fingerprint density at radius 1 is 1.50 bits per heavy atom. The Kier molecular flexibility index (Phi) is 5.17. The van der Waals surface area contributed by atoms with Crippen LogP contribution in [0, 0.1) is 0 Å². The summed E-state index contributed by atoms with van der Waals surface area (Å²) in [6.45, 7) is 1.20. The van der Waals surface area contributed by atoms with Crippen molar-refractivity contribution in [1.82, 2.24) is 4.90 Å². The van der Waals surface area contributed by atoms with Crippen molar-refractivity contribution < 1.29 is 14.3 Å². The van der Waals surface area contributed by atoms with Crippen molar-refractivity contribution in [2.24, 2.45) is 0 Å². The van der Waals surface area contributed by atoms with Gasteiger partial charge < -0.3 is 5.11 Å². The standard InChI is InChI=1S/C7H12FNO2.ClH/c8-6-1-3-9(4-2-6)5-7(10)11;/h6H,1-5H2,(H,10,11);1H. The van der Waals surface area contributed by atoms with Crippen molar-refractivity contribution in [3.05, 3.63) is 0 Å². The Morgan fingerprint density at radius 3 is 2.42 bits per heavy atom. The lowest BCUT2D eigenvalue weighted by molar-refractivity contribution is -0.138. The van der Waals surface area contributed by atoms with Crippen LogP contribution < -0.4 is 0 Å². The first-order valence-corrected chi connectivity index (χ1v) is 3.76. The van der Waals surface area contributed by atoms with Crippen LogP contribution in [0.4, 0.5) is 4.39 Å². The highest BCUT2D eigenvalue weighted by atomic mass is 35.5. The van der Waals surface area contributed by atoms with Crippen LogP contribution in [0.25, 0.3) is 0 Å². The van der Waals surface area contributed by atoms with Crippen LogP contribution in [0.3, 0.4) is 0 Å². The molecule has 3 nitrogen and oxygen atoms in total. The van der Waals surface area contributed by atoms with Gasteiger partial charge in [-0.2, -0.15) is 0 Å². The molecule has 0 bridgehead atoms. The molecular formula is C7H13ClFNO2. The van der Waals surface area contributed by atoms with Gasteiger partial charge >= 0.3 is 5.97 Å². The molecule has 0 amide bonds. The van der Waals surface area contributed by atoms with E-state index in [9.17, 15) is 9.18 Å². The lowest BCUT2D eigenvalue weighted by Crippen LogP contribution is -2.37. The summed E-state index contributed by atoms with van der Waals surface area (Å²) < 4.78 is 12.5. The minimum atomic E-state index is -0.831. The number of halogens is 2. The van der Waals surface area contributed by atoms with Gasteiger partial charge in [-0.3, -0.25) is 9.69 Å². The number of hydrogen-bond donors (Lipinski definition) is 1. The molecule has 0 radical (unpaired) electrons. The topological polar surface area (TPSA) is 40.5 Å². The Morgan fingerprint density at radius 2 is 2.00 bits per heavy atom. The van der Waals surface area contributed by atoms with E-state index in [4.69, 9.17) is 5.11 Å². The van der Waals surface area contributed by atoms with Gasteiger partial charge in [-0.1, -0.05) is 0 Å². The predicted molar refractivity (Wildman–Crippen MR) is 45.5 cm³/mol. The molecule has 1 aliphatic rings. The highest BCUT2D eigenvalue weighted by molar-refractivity contribution is 5.85. The van der Waals surface area contributed by atoms with Crippen molar-refractivity contribution in [3.63, 3.8) is 0 Å². The monoisotopic (exact) mass is 197 g/mol. The summed E-state index contributed by atoms with van der Waals surface area (Å²) in [4.78, 5) is 12.0. The zero-order valence-electron chi connectivity index (χ0n) is 6.70. The van der Waals surface area contributed by atoms with Gasteiger partial charge in [0.15, 0.2) is 0 Å². The highest BCUT2D eigenvalue weighted by Crippen LogP contribution is 2.12. The Balaban J connectivity index is 0.00000121. The van der Waals surface area contributed by atoms with Crippen LogP contribution in [0.2, 0.25) is 0 Å². The summed E-state index contributed by atoms with van der Waals surface area (Å²) in [5.74, 6) is -0.831. The van der Waals surface area contributed by atoms with Gasteiger partial charge in [0, 0.05) is 13.1 Å². The van der Waals surface area contributed by atoms with E-state index in [-0.39, 0.29) is 19.0 Å². The van der Waals surface area contributed by atoms with E-state index in [0.29, 0.717) is 25.9 Å². The quantitative estimate of drug-likeness (QED) is 0.716. The van der Waals surface area contributed by atoms with Crippen LogP contribution >= 0.6 is 12.4 Å². The molecule has 5 heteroatoms. The lowest BCUT2D eigenvalue weighted by atomic mass is 10.1. The van der Waals surface area contributed by atoms with E-state index in [1.54, 1.807) is 4.90 Å². The number of carboxylic acids is 1. The second kappa shape index (κ2) is 5.32. The normalized spacial score (nSPS) is 20.1. The van der Waals surface area contributed by atoms with Crippen molar-refractivity contribution in [2.45, 2.75) is 19.0 Å². The fourth-order valence-corrected chi connectivity index (χ4v) is 1.25. The summed E-state index contributed by atoms with van der Waals surface area (Å²) in [6.07, 6.45) is 0.237. The highest BCUT2D eigenvalue weighted by Gasteiger charge is 2.19. The lowest BCUT2D eigenvalue weighted by Gasteiger charge is -2.26. The minimum Gasteiger partial charge on any atom is -0.480 e. The van der Waals surface area contributed by atoms with Crippen LogP contribution in [0.5, 0.6) is 0 Å². The van der Waals surface area contributed by atoms with Crippen LogP contribution in [0.1, 0.15) is 12.8 Å². The first kappa shape index (κ1) is 11.6. The van der Waals surface area contributed by atoms with E-state index in [2.05, 4.69) is 0 Å². The van der Waals surface area contributed by atoms with E-state index in [1.165, 1.54) is 0 Å². The van der Waals surface area contributed by atoms with Crippen molar-refractivity contribution in [2.75, 3.05) is 19.6 Å². The molecule has 1 heterocycles. The second-order valence-electron chi connectivity index (χ2n) is 2.84. The van der Waals surface area contributed by atoms with Gasteiger partial charge in [-0.05, 0) is 12.8 Å². The molecule has 1 rings (SSSR count). The molecule has 1 aliphatic heterocycles. The Hall–Kier alpha value is -0.350. The van der Waals surface area contributed by atoms with E-state index >= 15 is 0 Å². The zero-order valence-corrected chi connectivity index (χ0v) is 7.52. The third-order valence-electron chi connectivity index (χ3n) is 1.88. The smallest absolute Gasteiger partial charge is 0.317 e. The first-order chi connectivity index (χ1) is 5.18. The molecule has 0 atom stereocenters. The molecule has 0 aromatic carbocycles. The zero-order chi connectivity index (χ0) is 8.27. The maximum Gasteiger partial charge on any atom is 0.317 e. The van der Waals surface area contributed by atoms with Gasteiger partial charge in [0.25, 0.3) is 0 Å². The number of alkyl halides is 1. The molecule has 0 spiro atoms. The average Bonchev–Trinajstić information content (AvgIpc) is 1.93. The van der Waals surface area contributed by atoms with Crippen LogP contribution in [0.15, 0.2) is 0 Å². The number of likely N-dealkylation sites (tertiary alicyclic amines) is 1. The molecule has 1 saturated heterocycles. The summed E-state index contributed by atoms with van der Waals surface area (Å²) in [6, 6.07) is 0. The van der Waals surface area contributed by atoms with E-state index in [0.717, 1.165) is 0 Å². The molecule has 0 aromatic rings. The number of aliphatic carboxylic acids is 1. The fourth-order valence-electron chi connectivity index (χ4n) is 1.25. The number of nitrogens with zero attached hydrogens (tertiary/aromatic N) is 1. The number of piperidine rings is 1. The molecule has 1 N–H and O–H groups in total. The maximum atomic E-state index is 12.5. The molecule has 0 saturated carbocycles. The fraction of sp³-hybridized carbons (Fsp3) is 0.857. The molecule has 72 valence electrons. The summed E-state index contributed by atoms with van der Waals surface area (Å²) in [7, 11) is 0. The maximum absolute atomic E-state index is 12.5. The van der Waals surface area contributed by atoms with Gasteiger partial charge in [-0.15, -0.1) is 12.4 Å². The van der Waals surface area contributed by atoms with Gasteiger partial charge in [-0.25, -0.2) is 4.39 Å². The van der Waals surface area contributed by atoms with Crippen molar-refractivity contribution in [3.8, 4) is 0 Å². The molecular weight excluding hydrogens is 185 g/mol. The van der Waals surface area contributed by atoms with Gasteiger partial charge in [0.1, 0.15) is 6.17 Å². The molecule has 12 heavy (non-hydrogen) atoms. The molecule has 0 aliphatic carbocycles. The minimum absolute atomic E-state index is 0. The number of carboxylic acid groups (broad SMARTS) is 1. The summed E-state index contributed by atoms with van der Waals surface area (Å²) in [5.41, 5.74) is 0. The Bertz CT molecular complexity index is 148. The van der Waals surface area contributed by atoms with Gasteiger partial charge in [0.05, 0.1) is 6.54 Å². The molecule has 0 unspecified atom stereocenters. The van der Waals surface area contributed by atoms with Crippen LogP contribution in [-0.4, -0.2) is 41.8 Å². The first-order valence-electron chi connectivity index (χ1n) is 3.76. The van der Waals surface area contributed by atoms with Crippen LogP contribution in [-0.2, 0) is 4.79 Å². The van der Waals surface area contributed by atoms with Gasteiger partial charge in [0.2, 0.25) is 0 Å². The number of rotatable bonds is 2. The second-order valence-corrected chi connectivity index (χ2v) is 2.84. The summed E-state index contributed by atoms with van der Waals surface area (Å²) >= 11 is 0. The van der Waals surface area contributed by atoms with E-state index < -0.39 is 12.1 Å². The SMILES string of the molecule is Cl.O=C(O)CN1CCC(F)CC1. The summed E-state index contributed by atoms with van der Waals surface area (Å²) in [5, 5.41) is 8.40.